The van der Waals surface area contributed by atoms with Gasteiger partial charge in [-0.25, -0.2) is 4.98 Å². The van der Waals surface area contributed by atoms with Gasteiger partial charge in [-0.3, -0.25) is 9.78 Å². The third kappa shape index (κ3) is 3.90. The Morgan fingerprint density at radius 1 is 1.19 bits per heavy atom. The molecule has 0 bridgehead atoms. The molecule has 6 heteroatoms. The summed E-state index contributed by atoms with van der Waals surface area (Å²) in [7, 11) is 0. The molecule has 0 aliphatic carbocycles. The first kappa shape index (κ1) is 17.4. The number of thiazole rings is 1. The van der Waals surface area contributed by atoms with Gasteiger partial charge in [-0.2, -0.15) is 0 Å². The van der Waals surface area contributed by atoms with Crippen molar-refractivity contribution in [2.45, 2.75) is 19.8 Å². The molecule has 0 radical (unpaired) electrons. The number of fused-ring (bicyclic) bond motifs is 2. The Labute approximate surface area is 161 Å². The minimum Gasteiger partial charge on any atom is -0.429 e. The predicted molar refractivity (Wildman–Crippen MR) is 109 cm³/mol. The molecule has 2 aromatic carbocycles. The van der Waals surface area contributed by atoms with Gasteiger partial charge in [0.2, 0.25) is 5.91 Å². The summed E-state index contributed by atoms with van der Waals surface area (Å²) in [5.74, 6) is 0.891. The predicted octanol–water partition coefficient (Wildman–Crippen LogP) is 4.88. The van der Waals surface area contributed by atoms with Crippen LogP contribution in [0.3, 0.4) is 0 Å². The van der Waals surface area contributed by atoms with Gasteiger partial charge in [0, 0.05) is 18.9 Å². The SMILES string of the molecule is CC(=O)NCC(C)c1ccc2nc(Oc3cnc4ccccc4c3)sc2c1. The summed E-state index contributed by atoms with van der Waals surface area (Å²) in [5.41, 5.74) is 3.00. The van der Waals surface area contributed by atoms with Crippen LogP contribution in [0, 0.1) is 0 Å². The van der Waals surface area contributed by atoms with E-state index < -0.39 is 0 Å². The number of nitrogens with one attached hydrogen (secondary N) is 1. The van der Waals surface area contributed by atoms with E-state index in [-0.39, 0.29) is 11.8 Å². The van der Waals surface area contributed by atoms with Gasteiger partial charge in [0.1, 0.15) is 5.75 Å². The number of hydrogen-bond donors (Lipinski definition) is 1. The van der Waals surface area contributed by atoms with Gasteiger partial charge in [-0.1, -0.05) is 42.5 Å². The second-order valence-corrected chi connectivity index (χ2v) is 7.50. The average Bonchev–Trinajstić information content (AvgIpc) is 3.07. The van der Waals surface area contributed by atoms with E-state index in [2.05, 4.69) is 34.3 Å². The molecule has 136 valence electrons. The van der Waals surface area contributed by atoms with Crippen LogP contribution in [0.4, 0.5) is 0 Å². The first-order chi connectivity index (χ1) is 13.1. The van der Waals surface area contributed by atoms with Crippen LogP contribution in [0.1, 0.15) is 25.3 Å². The summed E-state index contributed by atoms with van der Waals surface area (Å²) in [6.07, 6.45) is 1.72. The number of amides is 1. The van der Waals surface area contributed by atoms with Crippen molar-refractivity contribution in [3.8, 4) is 10.9 Å². The average molecular weight is 377 g/mol. The molecule has 1 amide bonds. The van der Waals surface area contributed by atoms with E-state index in [0.717, 1.165) is 21.1 Å². The Morgan fingerprint density at radius 3 is 2.89 bits per heavy atom. The highest BCUT2D eigenvalue weighted by Crippen LogP contribution is 2.33. The number of para-hydroxylation sites is 1. The summed E-state index contributed by atoms with van der Waals surface area (Å²) in [4.78, 5) is 20.1. The molecular formula is C21H19N3O2S. The largest absolute Gasteiger partial charge is 0.429 e. The van der Waals surface area contributed by atoms with Crippen LogP contribution in [0.25, 0.3) is 21.1 Å². The number of ether oxygens (including phenoxy) is 1. The maximum atomic E-state index is 11.1. The second kappa shape index (κ2) is 7.32. The lowest BCUT2D eigenvalue weighted by Gasteiger charge is -2.11. The van der Waals surface area contributed by atoms with Crippen LogP contribution in [0.5, 0.6) is 10.9 Å². The third-order valence-corrected chi connectivity index (χ3v) is 5.29. The minimum atomic E-state index is -0.0135. The van der Waals surface area contributed by atoms with Crippen molar-refractivity contribution in [3.05, 3.63) is 60.3 Å². The van der Waals surface area contributed by atoms with E-state index in [1.807, 2.05) is 36.4 Å². The molecule has 0 spiro atoms. The standard InChI is InChI=1S/C21H19N3O2S/c1-13(11-22-14(2)25)15-7-8-19-20(10-15)27-21(24-19)26-17-9-16-5-3-4-6-18(16)23-12-17/h3-10,12-13H,11H2,1-2H3,(H,22,25). The van der Waals surface area contributed by atoms with Crippen LogP contribution in [0.15, 0.2) is 54.7 Å². The maximum absolute atomic E-state index is 11.1. The monoisotopic (exact) mass is 377 g/mol. The fraction of sp³-hybridized carbons (Fsp3) is 0.190. The lowest BCUT2D eigenvalue weighted by atomic mass is 10.0. The summed E-state index contributed by atoms with van der Waals surface area (Å²) >= 11 is 1.51. The van der Waals surface area contributed by atoms with Crippen LogP contribution < -0.4 is 10.1 Å². The topological polar surface area (TPSA) is 64.1 Å². The molecule has 2 aromatic heterocycles. The summed E-state index contributed by atoms with van der Waals surface area (Å²) in [6, 6.07) is 16.1. The molecular weight excluding hydrogens is 358 g/mol. The highest BCUT2D eigenvalue weighted by molar-refractivity contribution is 7.20. The lowest BCUT2D eigenvalue weighted by Crippen LogP contribution is -2.24. The molecule has 2 heterocycles. The molecule has 5 nitrogen and oxygen atoms in total. The molecule has 4 aromatic rings. The number of pyridine rings is 1. The Kier molecular flexibility index (Phi) is 4.73. The van der Waals surface area contributed by atoms with Crippen molar-refractivity contribution >= 4 is 38.4 Å². The van der Waals surface area contributed by atoms with Gasteiger partial charge in [0.05, 0.1) is 21.9 Å². The molecule has 1 N–H and O–H groups in total. The zero-order chi connectivity index (χ0) is 18.8. The highest BCUT2D eigenvalue weighted by Gasteiger charge is 2.11. The molecule has 0 aliphatic heterocycles. The van der Waals surface area contributed by atoms with Crippen molar-refractivity contribution < 1.29 is 9.53 Å². The van der Waals surface area contributed by atoms with E-state index in [9.17, 15) is 4.79 Å². The van der Waals surface area contributed by atoms with E-state index in [1.165, 1.54) is 23.8 Å². The van der Waals surface area contributed by atoms with Gasteiger partial charge >= 0.3 is 0 Å². The van der Waals surface area contributed by atoms with Crippen LogP contribution in [-0.2, 0) is 4.79 Å². The highest BCUT2D eigenvalue weighted by atomic mass is 32.1. The lowest BCUT2D eigenvalue weighted by molar-refractivity contribution is -0.119. The molecule has 1 atom stereocenters. The fourth-order valence-corrected chi connectivity index (χ4v) is 3.78. The zero-order valence-corrected chi connectivity index (χ0v) is 15.9. The van der Waals surface area contributed by atoms with E-state index >= 15 is 0 Å². The first-order valence-corrected chi connectivity index (χ1v) is 9.58. The Hall–Kier alpha value is -2.99. The second-order valence-electron chi connectivity index (χ2n) is 6.51. The van der Waals surface area contributed by atoms with Crippen molar-refractivity contribution in [2.75, 3.05) is 6.54 Å². The number of carbonyl (C=O) groups is 1. The van der Waals surface area contributed by atoms with Gasteiger partial charge < -0.3 is 10.1 Å². The van der Waals surface area contributed by atoms with Gasteiger partial charge in [0.25, 0.3) is 5.19 Å². The number of hydrogen-bond acceptors (Lipinski definition) is 5. The normalized spacial score (nSPS) is 12.2. The molecule has 27 heavy (non-hydrogen) atoms. The Bertz CT molecular complexity index is 1120. The fourth-order valence-electron chi connectivity index (χ4n) is 2.89. The zero-order valence-electron chi connectivity index (χ0n) is 15.1. The molecule has 4 rings (SSSR count). The maximum Gasteiger partial charge on any atom is 0.279 e. The van der Waals surface area contributed by atoms with E-state index in [0.29, 0.717) is 17.5 Å². The number of aromatic nitrogens is 2. The number of rotatable bonds is 5. The summed E-state index contributed by atoms with van der Waals surface area (Å²) in [6.45, 7) is 4.24. The molecule has 0 fully saturated rings. The first-order valence-electron chi connectivity index (χ1n) is 8.76. The van der Waals surface area contributed by atoms with Gasteiger partial charge in [0.15, 0.2) is 0 Å². The minimum absolute atomic E-state index is 0.0135. The smallest absolute Gasteiger partial charge is 0.279 e. The third-order valence-electron chi connectivity index (χ3n) is 4.39. The van der Waals surface area contributed by atoms with Gasteiger partial charge in [-0.05, 0) is 35.7 Å². The Morgan fingerprint density at radius 2 is 2.04 bits per heavy atom. The summed E-state index contributed by atoms with van der Waals surface area (Å²) in [5, 5.41) is 4.49. The number of carbonyl (C=O) groups excluding carboxylic acids is 1. The van der Waals surface area contributed by atoms with Gasteiger partial charge in [-0.15, -0.1) is 0 Å². The number of nitrogens with zero attached hydrogens (tertiary/aromatic N) is 2. The summed E-state index contributed by atoms with van der Waals surface area (Å²) < 4.78 is 7.00. The van der Waals surface area contributed by atoms with Crippen LogP contribution in [-0.4, -0.2) is 22.4 Å². The van der Waals surface area contributed by atoms with Crippen molar-refractivity contribution in [3.63, 3.8) is 0 Å². The molecule has 0 aliphatic rings. The van der Waals surface area contributed by atoms with Crippen LogP contribution >= 0.6 is 11.3 Å². The van der Waals surface area contributed by atoms with E-state index in [1.54, 1.807) is 6.20 Å². The van der Waals surface area contributed by atoms with Crippen molar-refractivity contribution in [1.29, 1.82) is 0 Å². The van der Waals surface area contributed by atoms with Crippen molar-refractivity contribution in [2.24, 2.45) is 0 Å². The Balaban J connectivity index is 1.56. The van der Waals surface area contributed by atoms with Crippen LogP contribution in [0.2, 0.25) is 0 Å². The quantitative estimate of drug-likeness (QED) is 0.538. The molecule has 1 unspecified atom stereocenters. The number of benzene rings is 2. The van der Waals surface area contributed by atoms with E-state index in [4.69, 9.17) is 4.74 Å². The molecule has 0 saturated heterocycles. The molecule has 0 saturated carbocycles. The van der Waals surface area contributed by atoms with Crippen molar-refractivity contribution in [1.82, 2.24) is 15.3 Å².